The van der Waals surface area contributed by atoms with Crippen LogP contribution in [0.25, 0.3) is 0 Å². The molecule has 1 amide bonds. The summed E-state index contributed by atoms with van der Waals surface area (Å²) < 4.78 is 21.0. The highest BCUT2D eigenvalue weighted by Crippen LogP contribution is 2.37. The van der Waals surface area contributed by atoms with Crippen molar-refractivity contribution < 1.29 is 28.7 Å². The van der Waals surface area contributed by atoms with Gasteiger partial charge in [-0.1, -0.05) is 0 Å². The van der Waals surface area contributed by atoms with Crippen molar-refractivity contribution in [1.29, 1.82) is 0 Å². The molecule has 1 heterocycles. The lowest BCUT2D eigenvalue weighted by Crippen LogP contribution is -2.18. The highest BCUT2D eigenvalue weighted by Gasteiger charge is 2.26. The Labute approximate surface area is 148 Å². The molecule has 0 aromatic heterocycles. The number of carbonyl (C=O) groups is 1. The summed E-state index contributed by atoms with van der Waals surface area (Å²) in [6.07, 6.45) is 0. The summed E-state index contributed by atoms with van der Waals surface area (Å²) in [5.74, 6) is 0.800. The number of nitrogens with zero attached hydrogens (tertiary/aromatic N) is 1. The van der Waals surface area contributed by atoms with Crippen molar-refractivity contribution in [3.05, 3.63) is 46.0 Å². The van der Waals surface area contributed by atoms with Crippen molar-refractivity contribution in [1.82, 2.24) is 0 Å². The molecule has 0 radical (unpaired) electrons. The quantitative estimate of drug-likeness (QED) is 0.645. The third-order valence-corrected chi connectivity index (χ3v) is 3.71. The molecule has 2 aromatic rings. The zero-order valence-electron chi connectivity index (χ0n) is 14.1. The number of ether oxygens (including phenoxy) is 4. The number of nitro groups is 1. The Morgan fingerprint density at radius 3 is 2.15 bits per heavy atom. The van der Waals surface area contributed by atoms with Crippen LogP contribution >= 0.6 is 0 Å². The fourth-order valence-corrected chi connectivity index (χ4v) is 2.49. The summed E-state index contributed by atoms with van der Waals surface area (Å²) in [7, 11) is 2.96. The van der Waals surface area contributed by atoms with Crippen LogP contribution in [0, 0.1) is 10.1 Å². The SMILES string of the molecule is COc1cc(NC(=O)c2cc3c(cc2[N+](=O)[O-])OCCO3)cc(OC)c1. The smallest absolute Gasteiger partial charge is 0.286 e. The number of nitrogens with one attached hydrogen (secondary N) is 1. The summed E-state index contributed by atoms with van der Waals surface area (Å²) in [5, 5.41) is 14.0. The Kier molecular flexibility index (Phi) is 4.78. The maximum absolute atomic E-state index is 12.6. The number of rotatable bonds is 5. The third kappa shape index (κ3) is 3.46. The molecule has 0 bridgehead atoms. The van der Waals surface area contributed by atoms with Crippen LogP contribution in [-0.4, -0.2) is 38.3 Å². The van der Waals surface area contributed by atoms with Crippen molar-refractivity contribution in [3.63, 3.8) is 0 Å². The number of anilines is 1. The van der Waals surface area contributed by atoms with Gasteiger partial charge in [-0.05, 0) is 0 Å². The van der Waals surface area contributed by atoms with Crippen LogP contribution in [0.1, 0.15) is 10.4 Å². The summed E-state index contributed by atoms with van der Waals surface area (Å²) in [5.41, 5.74) is -0.141. The topological polar surface area (TPSA) is 109 Å². The van der Waals surface area contributed by atoms with Gasteiger partial charge in [0.1, 0.15) is 30.3 Å². The van der Waals surface area contributed by atoms with E-state index in [4.69, 9.17) is 18.9 Å². The minimum Gasteiger partial charge on any atom is -0.497 e. The molecular formula is C17H16N2O7. The van der Waals surface area contributed by atoms with Gasteiger partial charge in [0.15, 0.2) is 11.5 Å². The molecule has 26 heavy (non-hydrogen) atoms. The summed E-state index contributed by atoms with van der Waals surface area (Å²) >= 11 is 0. The number of nitro benzene ring substituents is 1. The Morgan fingerprint density at radius 2 is 1.62 bits per heavy atom. The molecule has 0 unspecified atom stereocenters. The largest absolute Gasteiger partial charge is 0.497 e. The molecular weight excluding hydrogens is 344 g/mol. The van der Waals surface area contributed by atoms with Crippen molar-refractivity contribution in [2.24, 2.45) is 0 Å². The van der Waals surface area contributed by atoms with Gasteiger partial charge in [0, 0.05) is 30.0 Å². The van der Waals surface area contributed by atoms with Crippen LogP contribution in [0.4, 0.5) is 11.4 Å². The highest BCUT2D eigenvalue weighted by molar-refractivity contribution is 6.07. The van der Waals surface area contributed by atoms with Crippen LogP contribution in [-0.2, 0) is 0 Å². The normalized spacial score (nSPS) is 12.2. The summed E-state index contributed by atoms with van der Waals surface area (Å²) in [6, 6.07) is 7.28. The third-order valence-electron chi connectivity index (χ3n) is 3.71. The first-order valence-electron chi connectivity index (χ1n) is 7.64. The number of benzene rings is 2. The predicted octanol–water partition coefficient (Wildman–Crippen LogP) is 2.64. The average molecular weight is 360 g/mol. The Bertz CT molecular complexity index is 844. The maximum atomic E-state index is 12.6. The maximum Gasteiger partial charge on any atom is 0.286 e. The van der Waals surface area contributed by atoms with E-state index in [1.54, 1.807) is 18.2 Å². The second kappa shape index (κ2) is 7.18. The van der Waals surface area contributed by atoms with E-state index in [1.165, 1.54) is 26.4 Å². The van der Waals surface area contributed by atoms with E-state index < -0.39 is 10.8 Å². The van der Waals surface area contributed by atoms with Crippen LogP contribution in [0.2, 0.25) is 0 Å². The van der Waals surface area contributed by atoms with Crippen LogP contribution < -0.4 is 24.3 Å². The highest BCUT2D eigenvalue weighted by atomic mass is 16.6. The molecule has 2 aromatic carbocycles. The molecule has 136 valence electrons. The molecule has 1 N–H and O–H groups in total. The summed E-state index contributed by atoms with van der Waals surface area (Å²) in [4.78, 5) is 23.3. The lowest BCUT2D eigenvalue weighted by molar-refractivity contribution is -0.385. The Hall–Kier alpha value is -3.49. The number of amides is 1. The Morgan fingerprint density at radius 1 is 1.04 bits per heavy atom. The van der Waals surface area contributed by atoms with Gasteiger partial charge in [-0.15, -0.1) is 0 Å². The predicted molar refractivity (Wildman–Crippen MR) is 91.6 cm³/mol. The number of methoxy groups -OCH3 is 2. The minimum atomic E-state index is -0.663. The minimum absolute atomic E-state index is 0.138. The lowest BCUT2D eigenvalue weighted by atomic mass is 10.1. The molecule has 0 atom stereocenters. The Balaban J connectivity index is 1.96. The molecule has 1 aliphatic rings. The van der Waals surface area contributed by atoms with E-state index in [9.17, 15) is 14.9 Å². The van der Waals surface area contributed by atoms with Gasteiger partial charge in [-0.2, -0.15) is 0 Å². The monoisotopic (exact) mass is 360 g/mol. The van der Waals surface area contributed by atoms with E-state index in [0.717, 1.165) is 0 Å². The fourth-order valence-electron chi connectivity index (χ4n) is 2.49. The van der Waals surface area contributed by atoms with Crippen molar-refractivity contribution in [2.75, 3.05) is 32.8 Å². The van der Waals surface area contributed by atoms with E-state index in [0.29, 0.717) is 30.4 Å². The van der Waals surface area contributed by atoms with E-state index >= 15 is 0 Å². The lowest BCUT2D eigenvalue weighted by Gasteiger charge is -2.19. The second-order valence-electron chi connectivity index (χ2n) is 5.33. The van der Waals surface area contributed by atoms with Gasteiger partial charge in [-0.25, -0.2) is 0 Å². The van der Waals surface area contributed by atoms with Gasteiger partial charge < -0.3 is 24.3 Å². The van der Waals surface area contributed by atoms with Crippen LogP contribution in [0.15, 0.2) is 30.3 Å². The van der Waals surface area contributed by atoms with Crippen LogP contribution in [0.3, 0.4) is 0 Å². The zero-order chi connectivity index (χ0) is 18.7. The van der Waals surface area contributed by atoms with Gasteiger partial charge in [0.25, 0.3) is 11.6 Å². The van der Waals surface area contributed by atoms with Crippen molar-refractivity contribution in [3.8, 4) is 23.0 Å². The van der Waals surface area contributed by atoms with Crippen molar-refractivity contribution in [2.45, 2.75) is 0 Å². The number of carbonyl (C=O) groups excluding carboxylic acids is 1. The average Bonchev–Trinajstić information content (AvgIpc) is 2.66. The second-order valence-corrected chi connectivity index (χ2v) is 5.33. The van der Waals surface area contributed by atoms with E-state index in [1.807, 2.05) is 0 Å². The molecule has 1 aliphatic heterocycles. The molecule has 0 saturated heterocycles. The van der Waals surface area contributed by atoms with Gasteiger partial charge in [-0.3, -0.25) is 14.9 Å². The van der Waals surface area contributed by atoms with Crippen LogP contribution in [0.5, 0.6) is 23.0 Å². The fraction of sp³-hybridized carbons (Fsp3) is 0.235. The molecule has 0 fully saturated rings. The van der Waals surface area contributed by atoms with E-state index in [-0.39, 0.29) is 22.7 Å². The number of hydrogen-bond donors (Lipinski definition) is 1. The zero-order valence-corrected chi connectivity index (χ0v) is 14.1. The molecule has 3 rings (SSSR count). The van der Waals surface area contributed by atoms with Gasteiger partial charge in [0.2, 0.25) is 0 Å². The molecule has 0 spiro atoms. The van der Waals surface area contributed by atoms with Crippen molar-refractivity contribution >= 4 is 17.3 Å². The summed E-state index contributed by atoms with van der Waals surface area (Å²) in [6.45, 7) is 0.595. The standard InChI is InChI=1S/C17H16N2O7/c1-23-11-5-10(6-12(7-11)24-2)18-17(20)13-8-15-16(26-4-3-25-15)9-14(13)19(21)22/h5-9H,3-4H2,1-2H3,(H,18,20). The number of hydrogen-bond acceptors (Lipinski definition) is 7. The number of fused-ring (bicyclic) bond motifs is 1. The molecule has 0 aliphatic carbocycles. The van der Waals surface area contributed by atoms with E-state index in [2.05, 4.69) is 5.32 Å². The molecule has 9 heteroatoms. The molecule has 0 saturated carbocycles. The van der Waals surface area contributed by atoms with Gasteiger partial charge in [0.05, 0.1) is 25.2 Å². The van der Waals surface area contributed by atoms with Gasteiger partial charge >= 0.3 is 0 Å². The first-order valence-corrected chi connectivity index (χ1v) is 7.64. The molecule has 9 nitrogen and oxygen atoms in total. The first-order chi connectivity index (χ1) is 12.5. The first kappa shape index (κ1) is 17.3.